The standard InChI is InChI=1S/C23H30BN7O8S2/c1-21(2,3)37-17(34)22(4,5)39-28-14(12-9-40-19(25)27-12)13(32)8-11-15(33)29-10-23(18(35)38-24,41-16(11)29)30-6-7-31(26)20(30)36/h9,11,16H,6-8,10,26H2,1-5H3,(H2,25,27)/b28-14-/t11?,16-,23-/m1/s1. The molecule has 0 aromatic carbocycles. The smallest absolute Gasteiger partial charge is 0.378 e. The number of hydrogen-bond acceptors (Lipinski definition) is 14. The zero-order valence-corrected chi connectivity index (χ0v) is 24.7. The first-order chi connectivity index (χ1) is 19.0. The van der Waals surface area contributed by atoms with Gasteiger partial charge in [0, 0.05) is 18.3 Å². The zero-order valence-electron chi connectivity index (χ0n) is 23.1. The number of carbonyl (C=O) groups excluding carboxylic acids is 5. The van der Waals surface area contributed by atoms with Crippen molar-refractivity contribution in [2.45, 2.75) is 62.5 Å². The number of thioether (sulfide) groups is 1. The highest BCUT2D eigenvalue weighted by Crippen LogP contribution is 2.53. The number of ether oxygens (including phenoxy) is 1. The van der Waals surface area contributed by atoms with E-state index in [1.807, 2.05) is 0 Å². The minimum absolute atomic E-state index is 0.104. The number of ketones is 1. The third-order valence-electron chi connectivity index (χ3n) is 6.54. The van der Waals surface area contributed by atoms with Crippen LogP contribution in [0.2, 0.25) is 0 Å². The second-order valence-corrected chi connectivity index (χ2v) is 13.4. The van der Waals surface area contributed by atoms with E-state index < -0.39 is 57.0 Å². The molecule has 3 amide bonds. The largest absolute Gasteiger partial charge is 0.541 e. The van der Waals surface area contributed by atoms with Crippen LogP contribution in [0.25, 0.3) is 0 Å². The Morgan fingerprint density at radius 2 is 1.90 bits per heavy atom. The molecule has 4 heterocycles. The van der Waals surface area contributed by atoms with Gasteiger partial charge < -0.3 is 24.9 Å². The van der Waals surface area contributed by atoms with Crippen molar-refractivity contribution in [3.8, 4) is 0 Å². The fourth-order valence-electron chi connectivity index (χ4n) is 4.45. The Hall–Kier alpha value is -3.38. The average molecular weight is 607 g/mol. The highest BCUT2D eigenvalue weighted by molar-refractivity contribution is 8.02. The molecular formula is C23H30BN7O8S2. The molecule has 1 aromatic rings. The van der Waals surface area contributed by atoms with Gasteiger partial charge in [0.1, 0.15) is 11.3 Å². The minimum Gasteiger partial charge on any atom is -0.541 e. The number of hydrogen-bond donors (Lipinski definition) is 2. The molecule has 0 spiro atoms. The number of nitrogen functional groups attached to an aromatic ring is 1. The first kappa shape index (κ1) is 30.6. The van der Waals surface area contributed by atoms with Gasteiger partial charge in [-0.15, -0.1) is 11.3 Å². The topological polar surface area (TPSA) is 200 Å². The lowest BCUT2D eigenvalue weighted by Gasteiger charge is -2.40. The molecule has 3 fully saturated rings. The van der Waals surface area contributed by atoms with E-state index in [0.717, 1.165) is 28.1 Å². The Labute approximate surface area is 245 Å². The maximum Gasteiger partial charge on any atom is 0.378 e. The summed E-state index contributed by atoms with van der Waals surface area (Å²) >= 11 is 2.06. The van der Waals surface area contributed by atoms with Crippen LogP contribution >= 0.6 is 23.1 Å². The number of aromatic nitrogens is 1. The quantitative estimate of drug-likeness (QED) is 0.0725. The third kappa shape index (κ3) is 5.72. The third-order valence-corrected chi connectivity index (χ3v) is 8.95. The summed E-state index contributed by atoms with van der Waals surface area (Å²) in [6.07, 6.45) is -0.329. The number of esters is 1. The molecule has 0 bridgehead atoms. The Morgan fingerprint density at radius 1 is 1.22 bits per heavy atom. The van der Waals surface area contributed by atoms with Crippen molar-refractivity contribution in [2.75, 3.05) is 25.4 Å². The van der Waals surface area contributed by atoms with Crippen molar-refractivity contribution < 1.29 is 38.2 Å². The number of nitrogens with two attached hydrogens (primary N) is 2. The number of anilines is 1. The van der Waals surface area contributed by atoms with Crippen molar-refractivity contribution in [3.63, 3.8) is 0 Å². The fraction of sp³-hybridized carbons (Fsp3) is 0.609. The van der Waals surface area contributed by atoms with E-state index in [1.54, 1.807) is 20.8 Å². The van der Waals surface area contributed by atoms with Crippen LogP contribution in [0.3, 0.4) is 0 Å². The van der Waals surface area contributed by atoms with Crippen molar-refractivity contribution in [2.24, 2.45) is 16.9 Å². The highest BCUT2D eigenvalue weighted by atomic mass is 32.2. The van der Waals surface area contributed by atoms with Gasteiger partial charge in [-0.3, -0.25) is 24.3 Å². The molecule has 4 N–H and O–H groups in total. The molecule has 0 aliphatic carbocycles. The second-order valence-electron chi connectivity index (χ2n) is 11.1. The summed E-state index contributed by atoms with van der Waals surface area (Å²) in [4.78, 5) is 75.3. The summed E-state index contributed by atoms with van der Waals surface area (Å²) in [5.74, 6) is 2.18. The van der Waals surface area contributed by atoms with Crippen molar-refractivity contribution in [1.82, 2.24) is 19.8 Å². The maximum absolute atomic E-state index is 13.5. The van der Waals surface area contributed by atoms with Gasteiger partial charge in [-0.2, -0.15) is 0 Å². The SMILES string of the molecule is [B]OC(=O)[C@@]1(N2CCN(N)C2=O)CN2C(=O)C(CC(=O)/C(=N\OC(C)(C)C(=O)OC(C)(C)C)c3csc(N)n3)[C@H]2S1. The molecule has 3 aliphatic rings. The number of urea groups is 1. The van der Waals surface area contributed by atoms with E-state index in [4.69, 9.17) is 29.2 Å². The number of amides is 3. The van der Waals surface area contributed by atoms with Gasteiger partial charge in [0.25, 0.3) is 0 Å². The average Bonchev–Trinajstić information content (AvgIpc) is 3.57. The summed E-state index contributed by atoms with van der Waals surface area (Å²) in [6, 6.07) is -0.620. The number of oxime groups is 1. The Kier molecular flexibility index (Phi) is 8.05. The van der Waals surface area contributed by atoms with Crippen molar-refractivity contribution in [3.05, 3.63) is 11.1 Å². The van der Waals surface area contributed by atoms with Crippen LogP contribution in [-0.2, 0) is 33.4 Å². The number of nitrogens with zero attached hydrogens (tertiary/aromatic N) is 5. The Bertz CT molecular complexity index is 1310. The molecule has 3 atom stereocenters. The van der Waals surface area contributed by atoms with E-state index >= 15 is 0 Å². The van der Waals surface area contributed by atoms with Crippen LogP contribution in [0.4, 0.5) is 9.93 Å². The van der Waals surface area contributed by atoms with Gasteiger partial charge in [0.2, 0.25) is 16.4 Å². The lowest BCUT2D eigenvalue weighted by Crippen LogP contribution is -2.60. The molecule has 4 rings (SSSR count). The molecule has 0 saturated carbocycles. The van der Waals surface area contributed by atoms with Gasteiger partial charge >= 0.3 is 26.0 Å². The lowest BCUT2D eigenvalue weighted by atomic mass is 9.90. The van der Waals surface area contributed by atoms with Crippen LogP contribution in [0, 0.1) is 5.92 Å². The molecule has 3 aliphatic heterocycles. The summed E-state index contributed by atoms with van der Waals surface area (Å²) < 4.78 is 9.88. The van der Waals surface area contributed by atoms with E-state index in [-0.39, 0.29) is 42.6 Å². The molecule has 220 valence electrons. The Morgan fingerprint density at radius 3 is 2.44 bits per heavy atom. The Balaban J connectivity index is 1.55. The second kappa shape index (κ2) is 10.8. The van der Waals surface area contributed by atoms with Crippen LogP contribution in [-0.4, -0.2) is 104 Å². The molecule has 3 saturated heterocycles. The fourth-order valence-corrected chi connectivity index (χ4v) is 6.73. The first-order valence-electron chi connectivity index (χ1n) is 12.5. The van der Waals surface area contributed by atoms with Crippen molar-refractivity contribution in [1.29, 1.82) is 0 Å². The number of rotatable bonds is 9. The molecule has 1 unspecified atom stereocenters. The molecule has 15 nitrogen and oxygen atoms in total. The van der Waals surface area contributed by atoms with Gasteiger partial charge in [-0.05, 0) is 34.6 Å². The van der Waals surface area contributed by atoms with E-state index in [9.17, 15) is 24.0 Å². The highest BCUT2D eigenvalue weighted by Gasteiger charge is 2.66. The molecular weight excluding hydrogens is 577 g/mol. The summed E-state index contributed by atoms with van der Waals surface area (Å²) in [5.41, 5.74) is 3.27. The number of β-lactam (4-membered cyclic amide) rings is 1. The minimum atomic E-state index is -1.63. The van der Waals surface area contributed by atoms with E-state index in [2.05, 4.69) is 14.8 Å². The monoisotopic (exact) mass is 607 g/mol. The van der Waals surface area contributed by atoms with Crippen LogP contribution < -0.4 is 11.6 Å². The van der Waals surface area contributed by atoms with E-state index in [0.29, 0.717) is 0 Å². The predicted octanol–water partition coefficient (Wildman–Crippen LogP) is -0.00890. The maximum atomic E-state index is 13.5. The van der Waals surface area contributed by atoms with Gasteiger partial charge in [0.05, 0.1) is 24.4 Å². The van der Waals surface area contributed by atoms with Gasteiger partial charge in [-0.25, -0.2) is 20.4 Å². The number of carbonyl (C=O) groups is 5. The van der Waals surface area contributed by atoms with Crippen LogP contribution in [0.1, 0.15) is 46.7 Å². The van der Waals surface area contributed by atoms with Crippen LogP contribution in [0.15, 0.2) is 10.5 Å². The zero-order chi connectivity index (χ0) is 30.5. The molecule has 41 heavy (non-hydrogen) atoms. The summed E-state index contributed by atoms with van der Waals surface area (Å²) in [5, 5.41) is 5.93. The van der Waals surface area contributed by atoms with E-state index in [1.165, 1.54) is 29.0 Å². The van der Waals surface area contributed by atoms with Crippen LogP contribution in [0.5, 0.6) is 0 Å². The molecule has 2 radical (unpaired) electrons. The number of hydrazine groups is 1. The first-order valence-corrected chi connectivity index (χ1v) is 14.2. The number of fused-ring (bicyclic) bond motifs is 1. The summed E-state index contributed by atoms with van der Waals surface area (Å²) in [6.45, 7) is 8.06. The van der Waals surface area contributed by atoms with Gasteiger partial charge in [-0.1, -0.05) is 16.9 Å². The molecule has 1 aromatic heterocycles. The van der Waals surface area contributed by atoms with Gasteiger partial charge in [0.15, 0.2) is 16.6 Å². The number of thiazole rings is 1. The predicted molar refractivity (Wildman–Crippen MR) is 148 cm³/mol. The van der Waals surface area contributed by atoms with Crippen molar-refractivity contribution >= 4 is 71.7 Å². The normalized spacial score (nSPS) is 24.7. The lowest BCUT2D eigenvalue weighted by molar-refractivity contribution is -0.179. The summed E-state index contributed by atoms with van der Waals surface area (Å²) in [7, 11) is 5.19. The molecule has 18 heteroatoms. The number of Topliss-reactive ketones (excluding diaryl/α,β-unsaturated/α-hetero) is 1.